The van der Waals surface area contributed by atoms with Gasteiger partial charge in [-0.25, -0.2) is 5.48 Å². The molecule has 4 aromatic rings. The van der Waals surface area contributed by atoms with Crippen molar-refractivity contribution in [1.82, 2.24) is 15.8 Å². The van der Waals surface area contributed by atoms with Gasteiger partial charge in [0.1, 0.15) is 6.61 Å². The number of hydroxylamine groups is 1. The van der Waals surface area contributed by atoms with Crippen LogP contribution in [0.5, 0.6) is 11.5 Å². The van der Waals surface area contributed by atoms with Gasteiger partial charge in [0, 0.05) is 40.9 Å². The van der Waals surface area contributed by atoms with E-state index < -0.39 is 22.8 Å². The van der Waals surface area contributed by atoms with Gasteiger partial charge in [0.15, 0.2) is 11.5 Å². The van der Waals surface area contributed by atoms with Gasteiger partial charge in [0.25, 0.3) is 17.5 Å². The molecule has 0 aliphatic rings. The van der Waals surface area contributed by atoms with Crippen LogP contribution < -0.4 is 20.3 Å². The molecule has 3 aromatic carbocycles. The predicted molar refractivity (Wildman–Crippen MR) is 144 cm³/mol. The number of hydrogen-bond donors (Lipinski definition) is 4. The van der Waals surface area contributed by atoms with E-state index in [0.29, 0.717) is 23.5 Å². The summed E-state index contributed by atoms with van der Waals surface area (Å²) in [6, 6.07) is 17.8. The molecule has 0 aliphatic heterocycles. The van der Waals surface area contributed by atoms with Crippen molar-refractivity contribution < 1.29 is 29.2 Å². The van der Waals surface area contributed by atoms with Gasteiger partial charge in [-0.15, -0.1) is 0 Å². The van der Waals surface area contributed by atoms with Gasteiger partial charge in [-0.1, -0.05) is 30.3 Å². The summed E-state index contributed by atoms with van der Waals surface area (Å²) in [7, 11) is 1.48. The number of fused-ring (bicyclic) bond motifs is 1. The fourth-order valence-corrected chi connectivity index (χ4v) is 4.05. The highest BCUT2D eigenvalue weighted by molar-refractivity contribution is 5.95. The van der Waals surface area contributed by atoms with Crippen LogP contribution in [-0.2, 0) is 11.2 Å². The molecule has 1 atom stereocenters. The number of para-hydroxylation sites is 1. The number of non-ortho nitro benzene ring substituents is 1. The fraction of sp³-hybridized carbons (Fsp3) is 0.143. The number of aromatic nitrogens is 1. The number of methoxy groups -OCH3 is 1. The first-order valence-corrected chi connectivity index (χ1v) is 11.9. The molecule has 0 saturated heterocycles. The lowest BCUT2D eigenvalue weighted by molar-refractivity contribution is -0.384. The largest absolute Gasteiger partial charge is 0.493 e. The maximum atomic E-state index is 13.1. The molecule has 0 radical (unpaired) electrons. The van der Waals surface area contributed by atoms with Gasteiger partial charge in [-0.3, -0.25) is 24.9 Å². The molecular weight excluding hydrogens is 504 g/mol. The number of hydrogen-bond acceptors (Lipinski definition) is 7. The molecule has 11 heteroatoms. The number of nitrogens with one attached hydrogen (secondary N) is 3. The van der Waals surface area contributed by atoms with E-state index in [1.165, 1.54) is 42.9 Å². The maximum absolute atomic E-state index is 13.1. The SMILES string of the molecule is COc1cc(/C=C/C(=O)NO)ccc1OC[C@H](Cc1c[nH]c2ccccc12)NC(=O)c1cccc([N+](=O)[O-])c1. The van der Waals surface area contributed by atoms with Gasteiger partial charge >= 0.3 is 0 Å². The number of aromatic amines is 1. The summed E-state index contributed by atoms with van der Waals surface area (Å²) in [4.78, 5) is 38.2. The molecule has 200 valence electrons. The Hall–Kier alpha value is -5.16. The Bertz CT molecular complexity index is 1530. The van der Waals surface area contributed by atoms with E-state index >= 15 is 0 Å². The minimum absolute atomic E-state index is 0.0681. The number of rotatable bonds is 11. The van der Waals surface area contributed by atoms with E-state index in [1.807, 2.05) is 30.5 Å². The van der Waals surface area contributed by atoms with Crippen LogP contribution in [0.1, 0.15) is 21.5 Å². The third-order valence-corrected chi connectivity index (χ3v) is 5.96. The van der Waals surface area contributed by atoms with Crippen molar-refractivity contribution in [2.24, 2.45) is 0 Å². The molecule has 4 rings (SSSR count). The Kier molecular flexibility index (Phi) is 8.54. The molecule has 0 aliphatic carbocycles. The lowest BCUT2D eigenvalue weighted by Crippen LogP contribution is -2.40. The molecule has 1 heterocycles. The van der Waals surface area contributed by atoms with Gasteiger partial charge in [0.2, 0.25) is 0 Å². The number of carbonyl (C=O) groups is 2. The molecule has 0 bridgehead atoms. The van der Waals surface area contributed by atoms with E-state index in [9.17, 15) is 19.7 Å². The number of carbonyl (C=O) groups excluding carboxylic acids is 2. The van der Waals surface area contributed by atoms with Crippen molar-refractivity contribution in [3.63, 3.8) is 0 Å². The van der Waals surface area contributed by atoms with Crippen LogP contribution in [0.3, 0.4) is 0 Å². The summed E-state index contributed by atoms with van der Waals surface area (Å²) in [5.41, 5.74) is 4.06. The van der Waals surface area contributed by atoms with Gasteiger partial charge in [0.05, 0.1) is 18.1 Å². The fourth-order valence-electron chi connectivity index (χ4n) is 4.05. The van der Waals surface area contributed by atoms with Crippen LogP contribution in [0, 0.1) is 10.1 Å². The minimum atomic E-state index is -0.672. The highest BCUT2D eigenvalue weighted by Gasteiger charge is 2.20. The molecule has 4 N–H and O–H groups in total. The van der Waals surface area contributed by atoms with Crippen LogP contribution in [0.15, 0.2) is 79.0 Å². The van der Waals surface area contributed by atoms with Crippen molar-refractivity contribution in [1.29, 1.82) is 0 Å². The molecule has 0 spiro atoms. The van der Waals surface area contributed by atoms with Crippen LogP contribution in [0.2, 0.25) is 0 Å². The van der Waals surface area contributed by atoms with Crippen molar-refractivity contribution in [2.75, 3.05) is 13.7 Å². The van der Waals surface area contributed by atoms with Crippen molar-refractivity contribution in [2.45, 2.75) is 12.5 Å². The third kappa shape index (κ3) is 6.79. The first kappa shape index (κ1) is 26.9. The number of nitrogens with zero attached hydrogens (tertiary/aromatic N) is 1. The normalized spacial score (nSPS) is 11.7. The molecule has 0 fully saturated rings. The quantitative estimate of drug-likeness (QED) is 0.0987. The summed E-state index contributed by atoms with van der Waals surface area (Å²) < 4.78 is 11.5. The number of benzene rings is 3. The van der Waals surface area contributed by atoms with Crippen molar-refractivity contribution in [3.05, 3.63) is 106 Å². The molecule has 2 amide bonds. The standard InChI is InChI=1S/C28H26N4O7/c1-38-26-13-18(10-12-27(33)31-35)9-11-25(26)39-17-21(14-20-16-29-24-8-3-2-7-23(20)24)30-28(34)19-5-4-6-22(15-19)32(36)37/h2-13,15-16,21,29,35H,14,17H2,1H3,(H,30,34)(H,31,33)/b12-10+/t21-/m0/s1. The van der Waals surface area contributed by atoms with Crippen molar-refractivity contribution in [3.8, 4) is 11.5 Å². The topological polar surface area (TPSA) is 156 Å². The van der Waals surface area contributed by atoms with Gasteiger partial charge in [-0.05, 0) is 47.9 Å². The van der Waals surface area contributed by atoms with Crippen molar-refractivity contribution >= 4 is 34.5 Å². The summed E-state index contributed by atoms with van der Waals surface area (Å²) in [5, 5.41) is 23.8. The van der Waals surface area contributed by atoms with Crippen LogP contribution in [-0.4, -0.2) is 46.7 Å². The molecule has 39 heavy (non-hydrogen) atoms. The molecule has 0 unspecified atom stereocenters. The van der Waals surface area contributed by atoms with E-state index in [4.69, 9.17) is 14.7 Å². The average Bonchev–Trinajstić information content (AvgIpc) is 3.37. The third-order valence-electron chi connectivity index (χ3n) is 5.96. The molecular formula is C28H26N4O7. The summed E-state index contributed by atoms with van der Waals surface area (Å²) in [5.74, 6) is -0.331. The zero-order chi connectivity index (χ0) is 27.8. The highest BCUT2D eigenvalue weighted by atomic mass is 16.6. The second kappa shape index (κ2) is 12.4. The summed E-state index contributed by atoms with van der Waals surface area (Å²) in [6.07, 6.45) is 4.96. The second-order valence-electron chi connectivity index (χ2n) is 8.57. The maximum Gasteiger partial charge on any atom is 0.270 e. The van der Waals surface area contributed by atoms with Crippen LogP contribution in [0.25, 0.3) is 17.0 Å². The second-order valence-corrected chi connectivity index (χ2v) is 8.57. The Morgan fingerprint density at radius 3 is 2.69 bits per heavy atom. The lowest BCUT2D eigenvalue weighted by atomic mass is 10.0. The Morgan fingerprint density at radius 2 is 1.92 bits per heavy atom. The number of ether oxygens (including phenoxy) is 2. The molecule has 11 nitrogen and oxygen atoms in total. The Morgan fingerprint density at radius 1 is 1.10 bits per heavy atom. The molecule has 1 aromatic heterocycles. The number of nitro benzene ring substituents is 1. The van der Waals surface area contributed by atoms with Gasteiger partial charge in [-0.2, -0.15) is 0 Å². The monoisotopic (exact) mass is 530 g/mol. The highest BCUT2D eigenvalue weighted by Crippen LogP contribution is 2.29. The minimum Gasteiger partial charge on any atom is -0.493 e. The predicted octanol–water partition coefficient (Wildman–Crippen LogP) is 4.02. The van der Waals surface area contributed by atoms with Crippen LogP contribution >= 0.6 is 0 Å². The smallest absolute Gasteiger partial charge is 0.270 e. The Balaban J connectivity index is 1.56. The van der Waals surface area contributed by atoms with Gasteiger partial charge < -0.3 is 19.8 Å². The first-order chi connectivity index (χ1) is 18.9. The summed E-state index contributed by atoms with van der Waals surface area (Å²) in [6.45, 7) is 0.0681. The number of nitro groups is 1. The number of amides is 2. The lowest BCUT2D eigenvalue weighted by Gasteiger charge is -2.20. The Labute approximate surface area is 223 Å². The van der Waals surface area contributed by atoms with Crippen LogP contribution in [0.4, 0.5) is 5.69 Å². The van der Waals surface area contributed by atoms with E-state index in [1.54, 1.807) is 18.2 Å². The first-order valence-electron chi connectivity index (χ1n) is 11.9. The van der Waals surface area contributed by atoms with E-state index in [2.05, 4.69) is 10.3 Å². The summed E-state index contributed by atoms with van der Waals surface area (Å²) >= 11 is 0. The zero-order valence-corrected chi connectivity index (χ0v) is 20.9. The number of H-pyrrole nitrogens is 1. The zero-order valence-electron chi connectivity index (χ0n) is 20.9. The van der Waals surface area contributed by atoms with E-state index in [0.717, 1.165) is 22.5 Å². The molecule has 0 saturated carbocycles. The average molecular weight is 531 g/mol. The van der Waals surface area contributed by atoms with E-state index in [-0.39, 0.29) is 17.9 Å².